The summed E-state index contributed by atoms with van der Waals surface area (Å²) in [5.41, 5.74) is 1.99. The summed E-state index contributed by atoms with van der Waals surface area (Å²) in [4.78, 5) is 0. The number of halogens is 1. The molecule has 0 N–H and O–H groups in total. The number of nitrogens with zero attached hydrogens (tertiary/aromatic N) is 1. The normalized spacial score (nSPS) is 18.7. The fourth-order valence-electron chi connectivity index (χ4n) is 1.86. The maximum absolute atomic E-state index is 11.8. The van der Waals surface area contributed by atoms with Crippen LogP contribution in [-0.4, -0.2) is 20.7 Å². The molecule has 0 saturated heterocycles. The molecule has 2 rings (SSSR count). The van der Waals surface area contributed by atoms with Gasteiger partial charge in [-0.2, -0.15) is 0 Å². The molecule has 15 heavy (non-hydrogen) atoms. The van der Waals surface area contributed by atoms with Crippen molar-refractivity contribution in [2.24, 2.45) is 0 Å². The molecule has 5 heteroatoms. The molecule has 1 aromatic carbocycles. The Morgan fingerprint density at radius 1 is 1.47 bits per heavy atom. The van der Waals surface area contributed by atoms with E-state index in [1.165, 1.54) is 4.31 Å². The van der Waals surface area contributed by atoms with Gasteiger partial charge in [0.25, 0.3) is 0 Å². The minimum absolute atomic E-state index is 0.230. The van der Waals surface area contributed by atoms with E-state index < -0.39 is 10.0 Å². The molecule has 0 saturated carbocycles. The van der Waals surface area contributed by atoms with Gasteiger partial charge in [-0.25, -0.2) is 8.42 Å². The lowest BCUT2D eigenvalue weighted by molar-refractivity contribution is 0.588. The van der Waals surface area contributed by atoms with Crippen LogP contribution in [0, 0.1) is 3.57 Å². The molecule has 1 aromatic rings. The van der Waals surface area contributed by atoms with Crippen molar-refractivity contribution < 1.29 is 8.42 Å². The van der Waals surface area contributed by atoms with E-state index in [1.54, 1.807) is 0 Å². The lowest BCUT2D eigenvalue weighted by atomic mass is 10.1. The first kappa shape index (κ1) is 11.2. The number of rotatable bonds is 1. The molecular weight excluding hydrogens is 325 g/mol. The van der Waals surface area contributed by atoms with E-state index in [2.05, 4.69) is 28.7 Å². The Morgan fingerprint density at radius 3 is 2.87 bits per heavy atom. The van der Waals surface area contributed by atoms with Gasteiger partial charge in [-0.1, -0.05) is 0 Å². The highest BCUT2D eigenvalue weighted by Crippen LogP contribution is 2.30. The van der Waals surface area contributed by atoms with E-state index >= 15 is 0 Å². The van der Waals surface area contributed by atoms with Crippen LogP contribution < -0.4 is 4.31 Å². The molecule has 0 aliphatic carbocycles. The molecule has 0 bridgehead atoms. The molecule has 1 aliphatic rings. The van der Waals surface area contributed by atoms with Crippen LogP contribution >= 0.6 is 22.6 Å². The lowest BCUT2D eigenvalue weighted by Gasteiger charge is -2.29. The predicted molar refractivity (Wildman–Crippen MR) is 69.7 cm³/mol. The van der Waals surface area contributed by atoms with Crippen LogP contribution in [0.5, 0.6) is 0 Å². The van der Waals surface area contributed by atoms with Gasteiger partial charge in [0.1, 0.15) is 0 Å². The molecule has 0 amide bonds. The van der Waals surface area contributed by atoms with Crippen LogP contribution in [0.1, 0.15) is 12.5 Å². The van der Waals surface area contributed by atoms with Crippen LogP contribution in [0.3, 0.4) is 0 Å². The fourth-order valence-corrected chi connectivity index (χ4v) is 3.99. The number of benzene rings is 1. The number of hydrogen-bond acceptors (Lipinski definition) is 2. The summed E-state index contributed by atoms with van der Waals surface area (Å²) in [6, 6.07) is 5.91. The van der Waals surface area contributed by atoms with E-state index in [1.807, 2.05) is 19.1 Å². The standard InChI is InChI=1S/C10H12INO2S/c1-2-12-10-4-3-9(11)7-8(10)5-6-15(12,13)14/h3-4,7H,2,5-6H2,1H3. The van der Waals surface area contributed by atoms with E-state index in [0.29, 0.717) is 13.0 Å². The molecule has 0 unspecified atom stereocenters. The summed E-state index contributed by atoms with van der Waals surface area (Å²) in [6.07, 6.45) is 0.630. The highest BCUT2D eigenvalue weighted by atomic mass is 127. The first-order valence-electron chi connectivity index (χ1n) is 4.83. The first-order valence-corrected chi connectivity index (χ1v) is 7.52. The van der Waals surface area contributed by atoms with Gasteiger partial charge in [0.2, 0.25) is 10.0 Å². The zero-order valence-corrected chi connectivity index (χ0v) is 11.4. The fraction of sp³-hybridized carbons (Fsp3) is 0.400. The van der Waals surface area contributed by atoms with Crippen molar-refractivity contribution in [3.05, 3.63) is 27.3 Å². The summed E-state index contributed by atoms with van der Waals surface area (Å²) < 4.78 is 26.2. The summed E-state index contributed by atoms with van der Waals surface area (Å²) in [7, 11) is -3.07. The Kier molecular flexibility index (Phi) is 2.94. The van der Waals surface area contributed by atoms with Crippen molar-refractivity contribution in [2.45, 2.75) is 13.3 Å². The smallest absolute Gasteiger partial charge is 0.235 e. The molecule has 82 valence electrons. The Hall–Kier alpha value is -0.300. The minimum atomic E-state index is -3.07. The summed E-state index contributed by atoms with van der Waals surface area (Å²) in [6.45, 7) is 2.38. The van der Waals surface area contributed by atoms with Crippen molar-refractivity contribution >= 4 is 38.3 Å². The largest absolute Gasteiger partial charge is 0.270 e. The molecule has 0 radical (unpaired) electrons. The monoisotopic (exact) mass is 337 g/mol. The Labute approximate surface area is 104 Å². The maximum Gasteiger partial charge on any atom is 0.235 e. The number of anilines is 1. The van der Waals surface area contributed by atoms with E-state index in [4.69, 9.17) is 0 Å². The van der Waals surface area contributed by atoms with Crippen molar-refractivity contribution in [3.8, 4) is 0 Å². The summed E-state index contributed by atoms with van der Waals surface area (Å²) in [5.74, 6) is 0.230. The van der Waals surface area contributed by atoms with Crippen LogP contribution in [0.25, 0.3) is 0 Å². The topological polar surface area (TPSA) is 37.4 Å². The third-order valence-corrected chi connectivity index (χ3v) is 5.08. The second-order valence-corrected chi connectivity index (χ2v) is 6.76. The quantitative estimate of drug-likeness (QED) is 0.735. The van der Waals surface area contributed by atoms with E-state index in [9.17, 15) is 8.42 Å². The molecule has 0 atom stereocenters. The van der Waals surface area contributed by atoms with Crippen molar-refractivity contribution in [1.29, 1.82) is 0 Å². The molecule has 3 nitrogen and oxygen atoms in total. The maximum atomic E-state index is 11.8. The minimum Gasteiger partial charge on any atom is -0.270 e. The zero-order valence-electron chi connectivity index (χ0n) is 8.40. The molecule has 1 heterocycles. The van der Waals surface area contributed by atoms with Crippen LogP contribution in [0.2, 0.25) is 0 Å². The predicted octanol–water partition coefficient (Wildman–Crippen LogP) is 2.00. The van der Waals surface area contributed by atoms with Gasteiger partial charge in [-0.15, -0.1) is 0 Å². The molecule has 1 aliphatic heterocycles. The van der Waals surface area contributed by atoms with Crippen molar-refractivity contribution in [3.63, 3.8) is 0 Å². The third kappa shape index (κ3) is 1.99. The van der Waals surface area contributed by atoms with Gasteiger partial charge in [0.15, 0.2) is 0 Å². The van der Waals surface area contributed by atoms with Gasteiger partial charge in [-0.05, 0) is 59.7 Å². The second kappa shape index (κ2) is 3.93. The van der Waals surface area contributed by atoms with Crippen molar-refractivity contribution in [1.82, 2.24) is 0 Å². The van der Waals surface area contributed by atoms with E-state index in [0.717, 1.165) is 14.8 Å². The number of aryl methyl sites for hydroxylation is 1. The summed E-state index contributed by atoms with van der Waals surface area (Å²) >= 11 is 2.25. The van der Waals surface area contributed by atoms with Crippen molar-refractivity contribution in [2.75, 3.05) is 16.6 Å². The van der Waals surface area contributed by atoms with Gasteiger partial charge in [0, 0.05) is 10.1 Å². The number of fused-ring (bicyclic) bond motifs is 1. The Morgan fingerprint density at radius 2 is 2.20 bits per heavy atom. The molecule has 0 aromatic heterocycles. The van der Waals surface area contributed by atoms with Gasteiger partial charge in [-0.3, -0.25) is 4.31 Å². The summed E-state index contributed by atoms with van der Waals surface area (Å²) in [5, 5.41) is 0. The number of sulfonamides is 1. The van der Waals surface area contributed by atoms with E-state index in [-0.39, 0.29) is 5.75 Å². The molecule has 0 spiro atoms. The van der Waals surface area contributed by atoms with Crippen LogP contribution in [-0.2, 0) is 16.4 Å². The van der Waals surface area contributed by atoms with Crippen LogP contribution in [0.4, 0.5) is 5.69 Å². The van der Waals surface area contributed by atoms with Gasteiger partial charge in [0.05, 0.1) is 11.4 Å². The highest BCUT2D eigenvalue weighted by molar-refractivity contribution is 14.1. The average molecular weight is 337 g/mol. The first-order chi connectivity index (χ1) is 7.04. The molecule has 0 fully saturated rings. The Bertz CT molecular complexity index is 484. The number of hydrogen-bond donors (Lipinski definition) is 0. The third-order valence-electron chi connectivity index (χ3n) is 2.56. The molecular formula is C10H12INO2S. The lowest BCUT2D eigenvalue weighted by Crippen LogP contribution is -2.37. The van der Waals surface area contributed by atoms with Crippen LogP contribution in [0.15, 0.2) is 18.2 Å². The Balaban J connectivity index is 2.56. The second-order valence-electron chi connectivity index (χ2n) is 3.50. The average Bonchev–Trinajstić information content (AvgIpc) is 2.18. The zero-order chi connectivity index (χ0) is 11.1. The van der Waals surface area contributed by atoms with Gasteiger partial charge >= 0.3 is 0 Å². The highest BCUT2D eigenvalue weighted by Gasteiger charge is 2.28. The van der Waals surface area contributed by atoms with Gasteiger partial charge < -0.3 is 0 Å². The SMILES string of the molecule is CCN1c2ccc(I)cc2CCS1(=O)=O.